The molecule has 4 aromatic carbocycles. The molecule has 0 aromatic heterocycles. The van der Waals surface area contributed by atoms with Crippen molar-refractivity contribution in [1.82, 2.24) is 10.2 Å². The molecule has 1 N–H and O–H groups in total. The summed E-state index contributed by atoms with van der Waals surface area (Å²) in [5.74, 6) is -0.174. The minimum atomic E-state index is -4.26. The van der Waals surface area contributed by atoms with Crippen molar-refractivity contribution < 1.29 is 22.7 Å². The number of rotatable bonds is 14. The van der Waals surface area contributed by atoms with Crippen LogP contribution in [0, 0.1) is 12.8 Å². The van der Waals surface area contributed by atoms with Gasteiger partial charge >= 0.3 is 0 Å². The number of hydrogen-bond donors (Lipinski definition) is 1. The number of nitrogens with zero attached hydrogens (tertiary/aromatic N) is 2. The molecular formula is C36H40ClN3O5S. The van der Waals surface area contributed by atoms with Crippen LogP contribution in [0.25, 0.3) is 0 Å². The summed E-state index contributed by atoms with van der Waals surface area (Å²) in [5.41, 5.74) is 2.88. The van der Waals surface area contributed by atoms with Gasteiger partial charge in [-0.05, 0) is 72.0 Å². The SMILES string of the molecule is COc1ccc(S(=O)(=O)N(CC(=O)N(Cc2ccccc2C)C(Cc2ccccc2)C(=O)NCC(C)C)c2cccc(Cl)c2)cc1. The van der Waals surface area contributed by atoms with Gasteiger partial charge in [0, 0.05) is 24.5 Å². The molecule has 0 bridgehead atoms. The monoisotopic (exact) mass is 661 g/mol. The largest absolute Gasteiger partial charge is 0.497 e. The maximum Gasteiger partial charge on any atom is 0.264 e. The molecule has 1 unspecified atom stereocenters. The predicted octanol–water partition coefficient (Wildman–Crippen LogP) is 6.26. The van der Waals surface area contributed by atoms with Crippen LogP contribution in [0.15, 0.2) is 108 Å². The van der Waals surface area contributed by atoms with Gasteiger partial charge in [-0.3, -0.25) is 13.9 Å². The highest BCUT2D eigenvalue weighted by atomic mass is 35.5. The number of benzene rings is 4. The number of anilines is 1. The summed E-state index contributed by atoms with van der Waals surface area (Å²) in [6.07, 6.45) is 0.241. The average Bonchev–Trinajstić information content (AvgIpc) is 3.05. The number of sulfonamides is 1. The molecule has 0 aliphatic carbocycles. The van der Waals surface area contributed by atoms with Crippen molar-refractivity contribution >= 4 is 39.1 Å². The molecule has 0 aliphatic heterocycles. The third-order valence-electron chi connectivity index (χ3n) is 7.58. The Hall–Kier alpha value is -4.34. The fraction of sp³-hybridized carbons (Fsp3) is 0.278. The second-order valence-corrected chi connectivity index (χ2v) is 13.8. The van der Waals surface area contributed by atoms with E-state index in [2.05, 4.69) is 5.32 Å². The van der Waals surface area contributed by atoms with E-state index in [4.69, 9.17) is 16.3 Å². The lowest BCUT2D eigenvalue weighted by molar-refractivity contribution is -0.140. The highest BCUT2D eigenvalue weighted by Crippen LogP contribution is 2.28. The lowest BCUT2D eigenvalue weighted by Gasteiger charge is -2.34. The van der Waals surface area contributed by atoms with E-state index >= 15 is 0 Å². The maximum atomic E-state index is 14.6. The predicted molar refractivity (Wildman–Crippen MR) is 182 cm³/mol. The molecule has 8 nitrogen and oxygen atoms in total. The number of methoxy groups -OCH3 is 1. The van der Waals surface area contributed by atoms with Crippen LogP contribution in [0.1, 0.15) is 30.5 Å². The molecular weight excluding hydrogens is 622 g/mol. The molecule has 0 saturated heterocycles. The van der Waals surface area contributed by atoms with Crippen molar-refractivity contribution in [2.24, 2.45) is 5.92 Å². The number of amides is 2. The quantitative estimate of drug-likeness (QED) is 0.172. The third-order valence-corrected chi connectivity index (χ3v) is 9.60. The molecule has 4 rings (SSSR count). The van der Waals surface area contributed by atoms with Crippen molar-refractivity contribution in [3.8, 4) is 5.75 Å². The first-order chi connectivity index (χ1) is 22.0. The van der Waals surface area contributed by atoms with Gasteiger partial charge in [-0.15, -0.1) is 0 Å². The zero-order valence-electron chi connectivity index (χ0n) is 26.5. The van der Waals surface area contributed by atoms with Gasteiger partial charge in [0.1, 0.15) is 18.3 Å². The highest BCUT2D eigenvalue weighted by Gasteiger charge is 2.35. The Morgan fingerprint density at radius 2 is 1.57 bits per heavy atom. The maximum absolute atomic E-state index is 14.6. The molecule has 0 spiro atoms. The van der Waals surface area contributed by atoms with Crippen molar-refractivity contribution in [2.75, 3.05) is 24.5 Å². The van der Waals surface area contributed by atoms with Gasteiger partial charge in [0.2, 0.25) is 11.8 Å². The van der Waals surface area contributed by atoms with Crippen molar-refractivity contribution in [3.05, 3.63) is 125 Å². The smallest absolute Gasteiger partial charge is 0.264 e. The van der Waals surface area contributed by atoms with Crippen molar-refractivity contribution in [2.45, 2.75) is 44.7 Å². The Balaban J connectivity index is 1.81. The van der Waals surface area contributed by atoms with E-state index in [1.807, 2.05) is 75.4 Å². The Morgan fingerprint density at radius 1 is 0.891 bits per heavy atom. The normalized spacial score (nSPS) is 12.0. The Kier molecular flexibility index (Phi) is 11.8. The van der Waals surface area contributed by atoms with Gasteiger partial charge < -0.3 is 15.0 Å². The summed E-state index contributed by atoms with van der Waals surface area (Å²) in [4.78, 5) is 29.9. The van der Waals surface area contributed by atoms with Crippen molar-refractivity contribution in [3.63, 3.8) is 0 Å². The highest BCUT2D eigenvalue weighted by molar-refractivity contribution is 7.92. The molecule has 0 fully saturated rings. The molecule has 4 aromatic rings. The number of ether oxygens (including phenoxy) is 1. The summed E-state index contributed by atoms with van der Waals surface area (Å²) in [7, 11) is -2.77. The van der Waals surface area contributed by atoms with Crippen LogP contribution in [0.5, 0.6) is 5.75 Å². The number of nitrogens with one attached hydrogen (secondary N) is 1. The average molecular weight is 662 g/mol. The molecule has 0 aliphatic rings. The summed E-state index contributed by atoms with van der Waals surface area (Å²) in [6.45, 7) is 5.89. The van der Waals surface area contributed by atoms with E-state index in [0.717, 1.165) is 21.0 Å². The van der Waals surface area contributed by atoms with Crippen LogP contribution in [0.4, 0.5) is 5.69 Å². The van der Waals surface area contributed by atoms with Gasteiger partial charge in [-0.2, -0.15) is 0 Å². The second-order valence-electron chi connectivity index (χ2n) is 11.5. The molecule has 10 heteroatoms. The second kappa shape index (κ2) is 15.8. The fourth-order valence-corrected chi connectivity index (χ4v) is 6.57. The molecule has 46 heavy (non-hydrogen) atoms. The van der Waals surface area contributed by atoms with Gasteiger partial charge in [0.15, 0.2) is 0 Å². The number of aryl methyl sites for hydroxylation is 1. The van der Waals surface area contributed by atoms with Gasteiger partial charge in [0.05, 0.1) is 17.7 Å². The van der Waals surface area contributed by atoms with Gasteiger partial charge in [0.25, 0.3) is 10.0 Å². The summed E-state index contributed by atoms with van der Waals surface area (Å²) in [6, 6.07) is 28.5. The van der Waals surface area contributed by atoms with Crippen LogP contribution in [-0.2, 0) is 32.6 Å². The van der Waals surface area contributed by atoms with Crippen LogP contribution in [-0.4, -0.2) is 51.4 Å². The summed E-state index contributed by atoms with van der Waals surface area (Å²) < 4.78 is 34.6. The van der Waals surface area contributed by atoms with E-state index in [1.54, 1.807) is 30.3 Å². The first kappa shape index (κ1) is 34.5. The Labute approximate surface area is 277 Å². The van der Waals surface area contributed by atoms with E-state index in [-0.39, 0.29) is 35.4 Å². The lowest BCUT2D eigenvalue weighted by atomic mass is 10.0. The molecule has 242 valence electrons. The lowest BCUT2D eigenvalue weighted by Crippen LogP contribution is -2.53. The minimum Gasteiger partial charge on any atom is -0.497 e. The van der Waals surface area contributed by atoms with Crippen LogP contribution in [0.3, 0.4) is 0 Å². The Bertz CT molecular complexity index is 1730. The van der Waals surface area contributed by atoms with E-state index in [0.29, 0.717) is 17.3 Å². The fourth-order valence-electron chi connectivity index (χ4n) is 4.98. The number of carbonyl (C=O) groups excluding carboxylic acids is 2. The number of hydrogen-bond acceptors (Lipinski definition) is 5. The first-order valence-corrected chi connectivity index (χ1v) is 16.9. The molecule has 0 radical (unpaired) electrons. The third kappa shape index (κ3) is 8.89. The molecule has 2 amide bonds. The van der Waals surface area contributed by atoms with Gasteiger partial charge in [-0.1, -0.05) is 86.1 Å². The first-order valence-electron chi connectivity index (χ1n) is 15.1. The zero-order valence-corrected chi connectivity index (χ0v) is 28.1. The van der Waals surface area contributed by atoms with Crippen LogP contribution in [0.2, 0.25) is 5.02 Å². The molecule has 0 saturated carbocycles. The summed E-state index contributed by atoms with van der Waals surface area (Å²) in [5, 5.41) is 3.32. The van der Waals surface area contributed by atoms with E-state index in [9.17, 15) is 18.0 Å². The Morgan fingerprint density at radius 3 is 2.20 bits per heavy atom. The van der Waals surface area contributed by atoms with E-state index < -0.39 is 28.5 Å². The zero-order chi connectivity index (χ0) is 33.3. The molecule has 0 heterocycles. The molecule has 1 atom stereocenters. The van der Waals surface area contributed by atoms with Gasteiger partial charge in [-0.25, -0.2) is 8.42 Å². The van der Waals surface area contributed by atoms with E-state index in [1.165, 1.54) is 30.2 Å². The van der Waals surface area contributed by atoms with Crippen LogP contribution >= 0.6 is 11.6 Å². The summed E-state index contributed by atoms with van der Waals surface area (Å²) >= 11 is 6.30. The minimum absolute atomic E-state index is 0.0259. The van der Waals surface area contributed by atoms with Crippen LogP contribution < -0.4 is 14.4 Å². The number of halogens is 1. The van der Waals surface area contributed by atoms with Crippen molar-refractivity contribution in [1.29, 1.82) is 0 Å². The number of carbonyl (C=O) groups is 2. The topological polar surface area (TPSA) is 96.0 Å². The standard InChI is InChI=1S/C36H40ClN3O5S/c1-26(2)23-38-36(42)34(21-28-12-6-5-7-13-28)39(24-29-14-9-8-11-27(29)3)35(41)25-40(31-16-10-15-30(37)22-31)46(43,44)33-19-17-32(45-4)18-20-33/h5-20,22,26,34H,21,23-25H2,1-4H3,(H,38,42).